The summed E-state index contributed by atoms with van der Waals surface area (Å²) < 4.78 is 5.79. The minimum absolute atomic E-state index is 0.656. The predicted molar refractivity (Wildman–Crippen MR) is 97.9 cm³/mol. The second kappa shape index (κ2) is 9.57. The van der Waals surface area contributed by atoms with Crippen LogP contribution in [0.1, 0.15) is 53.0 Å². The van der Waals surface area contributed by atoms with Gasteiger partial charge in [0.25, 0.3) is 0 Å². The Hall–Kier alpha value is -1.42. The van der Waals surface area contributed by atoms with Crippen molar-refractivity contribution in [2.24, 2.45) is 0 Å². The minimum atomic E-state index is 0.656. The van der Waals surface area contributed by atoms with Crippen LogP contribution in [0.25, 0.3) is 4.91 Å². The summed E-state index contributed by atoms with van der Waals surface area (Å²) in [4.78, 5) is 5.53. The van der Waals surface area contributed by atoms with E-state index >= 15 is 0 Å². The number of hydrogen-bond acceptors (Lipinski definition) is 4. The highest BCUT2D eigenvalue weighted by molar-refractivity contribution is 8.11. The number of aromatic nitrogens is 1. The van der Waals surface area contributed by atoms with Crippen molar-refractivity contribution in [2.75, 3.05) is 13.7 Å². The highest BCUT2D eigenvalue weighted by Crippen LogP contribution is 2.40. The molecule has 1 heterocycles. The molecule has 0 aliphatic carbocycles. The number of pyridine rings is 1. The van der Waals surface area contributed by atoms with Crippen molar-refractivity contribution < 1.29 is 4.74 Å². The van der Waals surface area contributed by atoms with E-state index in [9.17, 15) is 0 Å². The molecule has 122 valence electrons. The fourth-order valence-electron chi connectivity index (χ4n) is 1.98. The second-order valence-corrected chi connectivity index (χ2v) is 6.10. The maximum atomic E-state index is 5.79. The number of nitrogens with one attached hydrogen (secondary N) is 1. The van der Waals surface area contributed by atoms with Crippen molar-refractivity contribution in [1.29, 1.82) is 0 Å². The van der Waals surface area contributed by atoms with E-state index in [1.807, 2.05) is 26.2 Å². The van der Waals surface area contributed by atoms with Crippen molar-refractivity contribution in [3.63, 3.8) is 0 Å². The van der Waals surface area contributed by atoms with E-state index < -0.39 is 0 Å². The Kier molecular flexibility index (Phi) is 8.10. The number of allylic oxidation sites excluding steroid dienone is 2. The summed E-state index contributed by atoms with van der Waals surface area (Å²) in [6, 6.07) is 1.94. The van der Waals surface area contributed by atoms with Gasteiger partial charge in [-0.15, -0.1) is 0 Å². The van der Waals surface area contributed by atoms with Gasteiger partial charge in [-0.25, -0.2) is 0 Å². The van der Waals surface area contributed by atoms with Gasteiger partial charge in [-0.1, -0.05) is 31.2 Å². The predicted octanol–water partition coefficient (Wildman–Crippen LogP) is 5.22. The first-order valence-electron chi connectivity index (χ1n) is 7.91. The van der Waals surface area contributed by atoms with Crippen LogP contribution in [0.5, 0.6) is 5.75 Å². The van der Waals surface area contributed by atoms with E-state index in [-0.39, 0.29) is 0 Å². The topological polar surface area (TPSA) is 34.1 Å². The highest BCUT2D eigenvalue weighted by Gasteiger charge is 2.15. The molecule has 1 N–H and O–H groups in total. The fraction of sp³-hybridized carbons (Fsp3) is 0.500. The summed E-state index contributed by atoms with van der Waals surface area (Å²) in [7, 11) is 1.98. The molecule has 0 bridgehead atoms. The Morgan fingerprint density at radius 2 is 1.86 bits per heavy atom. The molecule has 3 nitrogen and oxygen atoms in total. The molecule has 4 heteroatoms. The largest absolute Gasteiger partial charge is 0.493 e. The van der Waals surface area contributed by atoms with Crippen molar-refractivity contribution in [3.8, 4) is 5.75 Å². The monoisotopic (exact) mass is 320 g/mol. The Labute approximate surface area is 139 Å². The zero-order chi connectivity index (χ0) is 16.5. The van der Waals surface area contributed by atoms with Crippen LogP contribution in [0.4, 0.5) is 0 Å². The van der Waals surface area contributed by atoms with Gasteiger partial charge in [0.1, 0.15) is 5.75 Å². The number of rotatable bonds is 8. The van der Waals surface area contributed by atoms with E-state index in [1.54, 1.807) is 18.0 Å². The zero-order valence-electron chi connectivity index (χ0n) is 14.6. The lowest BCUT2D eigenvalue weighted by Gasteiger charge is -2.18. The van der Waals surface area contributed by atoms with Crippen LogP contribution in [0, 0.1) is 0 Å². The first-order valence-corrected chi connectivity index (χ1v) is 8.72. The van der Waals surface area contributed by atoms with Gasteiger partial charge in [-0.3, -0.25) is 4.98 Å². The summed E-state index contributed by atoms with van der Waals surface area (Å²) in [5.74, 6) is 0.900. The van der Waals surface area contributed by atoms with Gasteiger partial charge in [-0.05, 0) is 45.3 Å². The van der Waals surface area contributed by atoms with Crippen molar-refractivity contribution in [2.45, 2.75) is 47.5 Å². The molecule has 22 heavy (non-hydrogen) atoms. The van der Waals surface area contributed by atoms with Crippen LogP contribution in [-0.2, 0) is 0 Å². The van der Waals surface area contributed by atoms with Crippen molar-refractivity contribution in [3.05, 3.63) is 40.2 Å². The van der Waals surface area contributed by atoms with E-state index in [0.717, 1.165) is 24.2 Å². The molecule has 0 fully saturated rings. The summed E-state index contributed by atoms with van der Waals surface area (Å²) in [6.07, 6.45) is 5.73. The lowest BCUT2D eigenvalue weighted by molar-refractivity contribution is 0.339. The summed E-state index contributed by atoms with van der Waals surface area (Å²) >= 11 is 1.78. The Morgan fingerprint density at radius 3 is 2.41 bits per heavy atom. The van der Waals surface area contributed by atoms with Crippen molar-refractivity contribution in [1.82, 2.24) is 10.3 Å². The average Bonchev–Trinajstić information content (AvgIpc) is 2.56. The second-order valence-electron chi connectivity index (χ2n) is 5.08. The summed E-state index contributed by atoms with van der Waals surface area (Å²) in [6.45, 7) is 11.4. The normalized spacial score (nSPS) is 13.4. The molecule has 0 spiro atoms. The molecule has 0 saturated heterocycles. The molecule has 0 unspecified atom stereocenters. The van der Waals surface area contributed by atoms with Crippen LogP contribution in [0.15, 0.2) is 34.6 Å². The summed E-state index contributed by atoms with van der Waals surface area (Å²) in [5.41, 5.74) is 3.77. The van der Waals surface area contributed by atoms with E-state index in [0.29, 0.717) is 6.61 Å². The molecule has 0 amide bonds. The molecule has 0 aliphatic rings. The standard InChI is InChI=1S/C18H28N2OS/c1-7-13(4)17(22-18(19-6)14(5)8-2)15-12-20-11-10-16(15)21-9-3/h10-12,19H,7-9H2,1-6H3. The highest BCUT2D eigenvalue weighted by atomic mass is 32.2. The minimum Gasteiger partial charge on any atom is -0.493 e. The molecule has 0 saturated carbocycles. The molecular formula is C18H28N2OS. The average molecular weight is 321 g/mol. The molecule has 0 aliphatic heterocycles. The lowest BCUT2D eigenvalue weighted by Crippen LogP contribution is -2.06. The van der Waals surface area contributed by atoms with E-state index in [1.165, 1.54) is 21.1 Å². The number of ether oxygens (including phenoxy) is 1. The molecule has 1 rings (SSSR count). The molecule has 1 aromatic heterocycles. The fourth-order valence-corrected chi connectivity index (χ4v) is 3.19. The van der Waals surface area contributed by atoms with Gasteiger partial charge < -0.3 is 10.1 Å². The van der Waals surface area contributed by atoms with Crippen LogP contribution in [0.3, 0.4) is 0 Å². The van der Waals surface area contributed by atoms with Crippen LogP contribution < -0.4 is 10.1 Å². The third-order valence-corrected chi connectivity index (χ3v) is 5.12. The quantitative estimate of drug-likeness (QED) is 0.712. The molecule has 0 aromatic carbocycles. The Bertz CT molecular complexity index is 550. The smallest absolute Gasteiger partial charge is 0.130 e. The molecule has 0 radical (unpaired) electrons. The van der Waals surface area contributed by atoms with Crippen LogP contribution >= 0.6 is 11.8 Å². The van der Waals surface area contributed by atoms with Gasteiger partial charge in [-0.2, -0.15) is 0 Å². The maximum Gasteiger partial charge on any atom is 0.130 e. The third-order valence-electron chi connectivity index (χ3n) is 3.59. The zero-order valence-corrected chi connectivity index (χ0v) is 15.4. The van der Waals surface area contributed by atoms with E-state index in [4.69, 9.17) is 4.74 Å². The summed E-state index contributed by atoms with van der Waals surface area (Å²) in [5, 5.41) is 4.54. The van der Waals surface area contributed by atoms with Crippen LogP contribution in [-0.4, -0.2) is 18.6 Å². The first kappa shape index (κ1) is 18.6. The van der Waals surface area contributed by atoms with Crippen LogP contribution in [0.2, 0.25) is 0 Å². The lowest BCUT2D eigenvalue weighted by atomic mass is 10.1. The van der Waals surface area contributed by atoms with Gasteiger partial charge in [0.05, 0.1) is 11.6 Å². The van der Waals surface area contributed by atoms with Gasteiger partial charge in [0, 0.05) is 29.9 Å². The molecule has 0 atom stereocenters. The van der Waals surface area contributed by atoms with Crippen molar-refractivity contribution >= 4 is 16.7 Å². The number of hydrogen-bond donors (Lipinski definition) is 1. The van der Waals surface area contributed by atoms with Gasteiger partial charge >= 0.3 is 0 Å². The Balaban J connectivity index is 3.33. The SMILES string of the molecule is CCOc1ccncc1C(SC(NC)=C(C)CC)=C(C)CC. The third kappa shape index (κ3) is 4.80. The molecule has 1 aromatic rings. The Morgan fingerprint density at radius 1 is 1.18 bits per heavy atom. The maximum absolute atomic E-state index is 5.79. The number of nitrogens with zero attached hydrogens (tertiary/aromatic N) is 1. The molecular weight excluding hydrogens is 292 g/mol. The first-order chi connectivity index (χ1) is 10.6. The van der Waals surface area contributed by atoms with Gasteiger partial charge in [0.2, 0.25) is 0 Å². The number of thioether (sulfide) groups is 1. The van der Waals surface area contributed by atoms with E-state index in [2.05, 4.69) is 38.0 Å². The van der Waals surface area contributed by atoms with Gasteiger partial charge in [0.15, 0.2) is 0 Å².